The molecule has 3 nitrogen and oxygen atoms in total. The van der Waals surface area contributed by atoms with Gasteiger partial charge in [0.2, 0.25) is 0 Å². The molecule has 0 amide bonds. The van der Waals surface area contributed by atoms with Crippen LogP contribution in [0.15, 0.2) is 28.9 Å². The lowest BCUT2D eigenvalue weighted by Gasteiger charge is -2.02. The Hall–Kier alpha value is -1.16. The molecular formula is C10H10BrNO2. The fraction of sp³-hybridized carbons (Fsp3) is 0.200. The van der Waals surface area contributed by atoms with E-state index in [-0.39, 0.29) is 0 Å². The zero-order valence-electron chi connectivity index (χ0n) is 7.70. The third-order valence-corrected chi connectivity index (χ3v) is 2.20. The number of aliphatic carboxylic acids is 1. The Balaban J connectivity index is 3.01. The van der Waals surface area contributed by atoms with Crippen LogP contribution in [0.2, 0.25) is 0 Å². The van der Waals surface area contributed by atoms with E-state index in [0.29, 0.717) is 12.1 Å². The van der Waals surface area contributed by atoms with E-state index in [9.17, 15) is 4.79 Å². The van der Waals surface area contributed by atoms with Crippen LogP contribution in [0.1, 0.15) is 19.0 Å². The number of rotatable bonds is 3. The van der Waals surface area contributed by atoms with Crippen LogP contribution in [-0.2, 0) is 4.79 Å². The fourth-order valence-corrected chi connectivity index (χ4v) is 1.31. The Morgan fingerprint density at radius 3 is 2.79 bits per heavy atom. The summed E-state index contributed by atoms with van der Waals surface area (Å²) in [6.45, 7) is 1.90. The summed E-state index contributed by atoms with van der Waals surface area (Å²) >= 11 is 3.27. The van der Waals surface area contributed by atoms with E-state index in [0.717, 1.165) is 10.0 Å². The maximum Gasteiger partial charge on any atom is 0.328 e. The van der Waals surface area contributed by atoms with Gasteiger partial charge < -0.3 is 5.11 Å². The van der Waals surface area contributed by atoms with E-state index < -0.39 is 5.97 Å². The molecule has 0 spiro atoms. The summed E-state index contributed by atoms with van der Waals surface area (Å²) in [6.07, 6.45) is 3.50. The van der Waals surface area contributed by atoms with Crippen LogP contribution in [0.25, 0.3) is 5.57 Å². The standard InChI is InChI=1S/C10H10BrNO2/c1-2-7(5-10(13)14)9-4-3-8(11)6-12-9/h3-6H,2H2,1H3,(H,13,14). The highest BCUT2D eigenvalue weighted by Gasteiger charge is 2.02. The second kappa shape index (κ2) is 4.91. The lowest BCUT2D eigenvalue weighted by molar-refractivity contribution is -0.131. The smallest absolute Gasteiger partial charge is 0.328 e. The fourth-order valence-electron chi connectivity index (χ4n) is 1.07. The van der Waals surface area contributed by atoms with E-state index in [1.54, 1.807) is 12.3 Å². The molecule has 1 aromatic heterocycles. The molecule has 0 atom stereocenters. The van der Waals surface area contributed by atoms with Gasteiger partial charge in [0.25, 0.3) is 0 Å². The van der Waals surface area contributed by atoms with Crippen molar-refractivity contribution in [1.29, 1.82) is 0 Å². The summed E-state index contributed by atoms with van der Waals surface area (Å²) in [5.74, 6) is -0.938. The van der Waals surface area contributed by atoms with Crippen molar-refractivity contribution in [2.45, 2.75) is 13.3 Å². The Morgan fingerprint density at radius 1 is 1.64 bits per heavy atom. The van der Waals surface area contributed by atoms with Crippen molar-refractivity contribution in [2.24, 2.45) is 0 Å². The molecule has 0 aliphatic rings. The molecule has 0 radical (unpaired) electrons. The highest BCUT2D eigenvalue weighted by atomic mass is 79.9. The van der Waals surface area contributed by atoms with Gasteiger partial charge in [-0.1, -0.05) is 6.92 Å². The monoisotopic (exact) mass is 255 g/mol. The van der Waals surface area contributed by atoms with Gasteiger partial charge in [0.15, 0.2) is 0 Å². The number of hydrogen-bond acceptors (Lipinski definition) is 2. The van der Waals surface area contributed by atoms with Crippen LogP contribution in [0, 0.1) is 0 Å². The Bertz CT molecular complexity index is 357. The zero-order chi connectivity index (χ0) is 10.6. The van der Waals surface area contributed by atoms with Gasteiger partial charge in [0.1, 0.15) is 0 Å². The molecule has 4 heteroatoms. The molecule has 0 fully saturated rings. The van der Waals surface area contributed by atoms with E-state index >= 15 is 0 Å². The van der Waals surface area contributed by atoms with E-state index in [4.69, 9.17) is 5.11 Å². The van der Waals surface area contributed by atoms with Crippen molar-refractivity contribution >= 4 is 27.5 Å². The lowest BCUT2D eigenvalue weighted by Crippen LogP contribution is -1.93. The van der Waals surface area contributed by atoms with Crippen molar-refractivity contribution in [3.05, 3.63) is 34.6 Å². The summed E-state index contributed by atoms with van der Waals surface area (Å²) in [7, 11) is 0. The quantitative estimate of drug-likeness (QED) is 0.846. The van der Waals surface area contributed by atoms with Crippen molar-refractivity contribution < 1.29 is 9.90 Å². The van der Waals surface area contributed by atoms with Crippen LogP contribution in [0.5, 0.6) is 0 Å². The Kier molecular flexibility index (Phi) is 3.83. The van der Waals surface area contributed by atoms with Gasteiger partial charge in [0, 0.05) is 16.7 Å². The van der Waals surface area contributed by atoms with Crippen LogP contribution >= 0.6 is 15.9 Å². The zero-order valence-corrected chi connectivity index (χ0v) is 9.28. The van der Waals surface area contributed by atoms with Gasteiger partial charge >= 0.3 is 5.97 Å². The topological polar surface area (TPSA) is 50.2 Å². The molecular weight excluding hydrogens is 246 g/mol. The molecule has 74 valence electrons. The molecule has 0 aromatic carbocycles. The van der Waals surface area contributed by atoms with Gasteiger partial charge in [-0.25, -0.2) is 4.79 Å². The number of pyridine rings is 1. The number of aromatic nitrogens is 1. The third-order valence-electron chi connectivity index (χ3n) is 1.73. The highest BCUT2D eigenvalue weighted by molar-refractivity contribution is 9.10. The SMILES string of the molecule is CCC(=CC(=O)O)c1ccc(Br)cn1. The minimum atomic E-state index is -0.938. The minimum absolute atomic E-state index is 0.654. The molecule has 0 unspecified atom stereocenters. The van der Waals surface area contributed by atoms with E-state index in [1.165, 1.54) is 6.08 Å². The van der Waals surface area contributed by atoms with Gasteiger partial charge in [-0.15, -0.1) is 0 Å². The van der Waals surface area contributed by atoms with Crippen LogP contribution in [-0.4, -0.2) is 16.1 Å². The van der Waals surface area contributed by atoms with Gasteiger partial charge in [0.05, 0.1) is 5.69 Å². The third kappa shape index (κ3) is 2.96. The molecule has 0 saturated heterocycles. The first-order chi connectivity index (χ1) is 6.63. The van der Waals surface area contributed by atoms with Gasteiger partial charge in [-0.3, -0.25) is 4.98 Å². The van der Waals surface area contributed by atoms with Crippen LogP contribution in [0.3, 0.4) is 0 Å². The number of halogens is 1. The first-order valence-corrected chi connectivity index (χ1v) is 4.98. The normalized spacial score (nSPS) is 11.4. The number of nitrogens with zero attached hydrogens (tertiary/aromatic N) is 1. The van der Waals surface area contributed by atoms with Crippen molar-refractivity contribution in [1.82, 2.24) is 4.98 Å². The Morgan fingerprint density at radius 2 is 2.36 bits per heavy atom. The molecule has 1 heterocycles. The maximum atomic E-state index is 10.5. The largest absolute Gasteiger partial charge is 0.478 e. The molecule has 1 N–H and O–H groups in total. The number of carboxylic acids is 1. The molecule has 14 heavy (non-hydrogen) atoms. The predicted octanol–water partition coefficient (Wildman–Crippen LogP) is 2.72. The summed E-state index contributed by atoms with van der Waals surface area (Å²) in [6, 6.07) is 3.63. The second-order valence-electron chi connectivity index (χ2n) is 2.72. The molecule has 0 bridgehead atoms. The predicted molar refractivity (Wildman–Crippen MR) is 57.8 cm³/mol. The number of carbonyl (C=O) groups is 1. The summed E-state index contributed by atoms with van der Waals surface area (Å²) in [5, 5.41) is 8.62. The van der Waals surface area contributed by atoms with Crippen molar-refractivity contribution in [2.75, 3.05) is 0 Å². The summed E-state index contributed by atoms with van der Waals surface area (Å²) < 4.78 is 0.882. The van der Waals surface area contributed by atoms with Crippen LogP contribution in [0.4, 0.5) is 0 Å². The number of carboxylic acid groups (broad SMARTS) is 1. The van der Waals surface area contributed by atoms with Crippen molar-refractivity contribution in [3.8, 4) is 0 Å². The van der Waals surface area contributed by atoms with E-state index in [1.807, 2.05) is 13.0 Å². The second-order valence-corrected chi connectivity index (χ2v) is 3.64. The first-order valence-electron chi connectivity index (χ1n) is 4.19. The van der Waals surface area contributed by atoms with Gasteiger partial charge in [-0.2, -0.15) is 0 Å². The number of allylic oxidation sites excluding steroid dienone is 1. The van der Waals surface area contributed by atoms with Gasteiger partial charge in [-0.05, 0) is 40.1 Å². The molecule has 0 aliphatic heterocycles. The van der Waals surface area contributed by atoms with Crippen LogP contribution < -0.4 is 0 Å². The first kappa shape index (κ1) is 10.9. The lowest BCUT2D eigenvalue weighted by atomic mass is 10.1. The average Bonchev–Trinajstić information content (AvgIpc) is 2.15. The average molecular weight is 256 g/mol. The molecule has 1 aromatic rings. The Labute approximate surface area is 90.6 Å². The molecule has 0 saturated carbocycles. The number of hydrogen-bond donors (Lipinski definition) is 1. The summed E-state index contributed by atoms with van der Waals surface area (Å²) in [5.41, 5.74) is 1.43. The van der Waals surface area contributed by atoms with E-state index in [2.05, 4.69) is 20.9 Å². The molecule has 1 rings (SSSR count). The summed E-state index contributed by atoms with van der Waals surface area (Å²) in [4.78, 5) is 14.6. The highest BCUT2D eigenvalue weighted by Crippen LogP contribution is 2.17. The molecule has 0 aliphatic carbocycles. The van der Waals surface area contributed by atoms with Crippen molar-refractivity contribution in [3.63, 3.8) is 0 Å². The minimum Gasteiger partial charge on any atom is -0.478 e. The maximum absolute atomic E-state index is 10.5.